The quantitative estimate of drug-likeness (QED) is 0.905. The van der Waals surface area contributed by atoms with Crippen LogP contribution in [0.5, 0.6) is 0 Å². The highest BCUT2D eigenvalue weighted by atomic mass is 16.3. The maximum atomic E-state index is 12.4. The minimum atomic E-state index is -0.619. The lowest BCUT2D eigenvalue weighted by Gasteiger charge is -2.30. The van der Waals surface area contributed by atoms with Crippen LogP contribution in [0.2, 0.25) is 0 Å². The van der Waals surface area contributed by atoms with Gasteiger partial charge in [-0.15, -0.1) is 0 Å². The molecule has 1 unspecified atom stereocenters. The zero-order chi connectivity index (χ0) is 18.0. The van der Waals surface area contributed by atoms with Crippen molar-refractivity contribution in [2.45, 2.75) is 38.3 Å². The Morgan fingerprint density at radius 1 is 1.28 bits per heavy atom. The fourth-order valence-corrected chi connectivity index (χ4v) is 3.81. The van der Waals surface area contributed by atoms with E-state index in [0.717, 1.165) is 43.7 Å². The van der Waals surface area contributed by atoms with Crippen molar-refractivity contribution in [2.75, 3.05) is 33.7 Å². The van der Waals surface area contributed by atoms with Gasteiger partial charge in [0.25, 0.3) is 5.56 Å². The SMILES string of the molecule is Cc1cccc2nc(CN3CCCC(O)(CN(C)C)CC3)cc(=O)n12. The molecule has 0 radical (unpaired) electrons. The van der Waals surface area contributed by atoms with Gasteiger partial charge >= 0.3 is 0 Å². The fraction of sp³-hybridized carbons (Fsp3) is 0.579. The van der Waals surface area contributed by atoms with E-state index in [1.165, 1.54) is 0 Å². The van der Waals surface area contributed by atoms with Crippen molar-refractivity contribution in [1.82, 2.24) is 19.2 Å². The number of likely N-dealkylation sites (N-methyl/N-ethyl adjacent to an activating group) is 1. The van der Waals surface area contributed by atoms with Crippen LogP contribution in [0.15, 0.2) is 29.1 Å². The Kier molecular flexibility index (Phi) is 5.22. The van der Waals surface area contributed by atoms with Gasteiger partial charge in [0.15, 0.2) is 0 Å². The molecule has 136 valence electrons. The predicted octanol–water partition coefficient (Wildman–Crippen LogP) is 1.28. The Morgan fingerprint density at radius 3 is 2.84 bits per heavy atom. The third-order valence-corrected chi connectivity index (χ3v) is 4.94. The molecule has 1 N–H and O–H groups in total. The second-order valence-electron chi connectivity index (χ2n) is 7.54. The molecule has 0 amide bonds. The zero-order valence-electron chi connectivity index (χ0n) is 15.4. The normalized spacial score (nSPS) is 22.4. The molecule has 3 heterocycles. The molecule has 1 aliphatic heterocycles. The van der Waals surface area contributed by atoms with E-state index in [4.69, 9.17) is 0 Å². The van der Waals surface area contributed by atoms with Gasteiger partial charge in [0.2, 0.25) is 0 Å². The monoisotopic (exact) mass is 344 g/mol. The van der Waals surface area contributed by atoms with Gasteiger partial charge in [-0.05, 0) is 59.0 Å². The molecule has 0 spiro atoms. The number of nitrogens with zero attached hydrogens (tertiary/aromatic N) is 4. The largest absolute Gasteiger partial charge is 0.389 e. The maximum absolute atomic E-state index is 12.4. The smallest absolute Gasteiger partial charge is 0.258 e. The molecule has 6 nitrogen and oxygen atoms in total. The predicted molar refractivity (Wildman–Crippen MR) is 98.8 cm³/mol. The second kappa shape index (κ2) is 7.23. The lowest BCUT2D eigenvalue weighted by molar-refractivity contribution is 0.00255. The van der Waals surface area contributed by atoms with Crippen LogP contribution in [-0.4, -0.2) is 63.6 Å². The summed E-state index contributed by atoms with van der Waals surface area (Å²) in [7, 11) is 3.99. The molecule has 0 bridgehead atoms. The molecule has 0 saturated carbocycles. The minimum Gasteiger partial charge on any atom is -0.389 e. The summed E-state index contributed by atoms with van der Waals surface area (Å²) in [6, 6.07) is 7.34. The fourth-order valence-electron chi connectivity index (χ4n) is 3.81. The number of hydrogen-bond acceptors (Lipinski definition) is 5. The zero-order valence-corrected chi connectivity index (χ0v) is 15.4. The molecule has 0 aliphatic carbocycles. The molecule has 25 heavy (non-hydrogen) atoms. The van der Waals surface area contributed by atoms with Gasteiger partial charge in [-0.1, -0.05) is 6.07 Å². The van der Waals surface area contributed by atoms with E-state index in [-0.39, 0.29) is 5.56 Å². The van der Waals surface area contributed by atoms with Crippen LogP contribution in [-0.2, 0) is 6.54 Å². The van der Waals surface area contributed by atoms with E-state index in [1.54, 1.807) is 10.5 Å². The van der Waals surface area contributed by atoms with Crippen molar-refractivity contribution in [1.29, 1.82) is 0 Å². The Balaban J connectivity index is 1.75. The van der Waals surface area contributed by atoms with Crippen LogP contribution in [0.1, 0.15) is 30.7 Å². The first kappa shape index (κ1) is 18.0. The summed E-state index contributed by atoms with van der Waals surface area (Å²) in [6.07, 6.45) is 2.52. The van der Waals surface area contributed by atoms with Crippen molar-refractivity contribution >= 4 is 5.65 Å². The third-order valence-electron chi connectivity index (χ3n) is 4.94. The number of fused-ring (bicyclic) bond motifs is 1. The van der Waals surface area contributed by atoms with E-state index >= 15 is 0 Å². The van der Waals surface area contributed by atoms with Crippen LogP contribution in [0.25, 0.3) is 5.65 Å². The number of rotatable bonds is 4. The van der Waals surface area contributed by atoms with Gasteiger partial charge in [-0.25, -0.2) is 4.98 Å². The number of aliphatic hydroxyl groups is 1. The van der Waals surface area contributed by atoms with Gasteiger partial charge in [0.05, 0.1) is 11.3 Å². The lowest BCUT2D eigenvalue weighted by Crippen LogP contribution is -2.40. The third kappa shape index (κ3) is 4.26. The molecule has 6 heteroatoms. The second-order valence-corrected chi connectivity index (χ2v) is 7.54. The average molecular weight is 344 g/mol. The summed E-state index contributed by atoms with van der Waals surface area (Å²) in [5, 5.41) is 10.8. The minimum absolute atomic E-state index is 0.0305. The molecular formula is C19H28N4O2. The van der Waals surface area contributed by atoms with Crippen LogP contribution in [0.4, 0.5) is 0 Å². The van der Waals surface area contributed by atoms with Crippen LogP contribution >= 0.6 is 0 Å². The maximum Gasteiger partial charge on any atom is 0.258 e. The molecule has 1 atom stereocenters. The van der Waals surface area contributed by atoms with E-state index in [1.807, 2.05) is 44.1 Å². The van der Waals surface area contributed by atoms with E-state index in [9.17, 15) is 9.90 Å². The Morgan fingerprint density at radius 2 is 2.08 bits per heavy atom. The van der Waals surface area contributed by atoms with Crippen molar-refractivity contribution < 1.29 is 5.11 Å². The summed E-state index contributed by atoms with van der Waals surface area (Å²) < 4.78 is 1.64. The van der Waals surface area contributed by atoms with Crippen LogP contribution in [0.3, 0.4) is 0 Å². The van der Waals surface area contributed by atoms with Crippen molar-refractivity contribution in [3.63, 3.8) is 0 Å². The van der Waals surface area contributed by atoms with E-state index in [0.29, 0.717) is 18.7 Å². The van der Waals surface area contributed by atoms with Gasteiger partial charge in [-0.2, -0.15) is 0 Å². The van der Waals surface area contributed by atoms with E-state index < -0.39 is 5.60 Å². The highest BCUT2D eigenvalue weighted by Crippen LogP contribution is 2.23. The van der Waals surface area contributed by atoms with Gasteiger partial charge in [0.1, 0.15) is 5.65 Å². The first-order valence-corrected chi connectivity index (χ1v) is 8.94. The summed E-state index contributed by atoms with van der Waals surface area (Å²) in [5.74, 6) is 0. The summed E-state index contributed by atoms with van der Waals surface area (Å²) in [5.41, 5.74) is 1.74. The summed E-state index contributed by atoms with van der Waals surface area (Å²) in [4.78, 5) is 21.4. The Bertz CT molecular complexity index is 802. The first-order chi connectivity index (χ1) is 11.9. The van der Waals surface area contributed by atoms with Gasteiger partial charge < -0.3 is 10.0 Å². The van der Waals surface area contributed by atoms with Crippen molar-refractivity contribution in [3.8, 4) is 0 Å². The molecule has 3 rings (SSSR count). The molecule has 0 aromatic carbocycles. The average Bonchev–Trinajstić information content (AvgIpc) is 2.68. The van der Waals surface area contributed by atoms with Crippen LogP contribution in [0, 0.1) is 6.92 Å². The molecule has 1 aliphatic rings. The molecule has 1 saturated heterocycles. The number of likely N-dealkylation sites (tertiary alicyclic amines) is 1. The lowest BCUT2D eigenvalue weighted by atomic mass is 9.94. The highest BCUT2D eigenvalue weighted by molar-refractivity contribution is 5.40. The molecule has 2 aromatic heterocycles. The van der Waals surface area contributed by atoms with E-state index in [2.05, 4.69) is 9.88 Å². The standard InChI is InChI=1S/C19H28N4O2/c1-15-6-4-7-17-20-16(12-18(24)23(15)17)13-22-10-5-8-19(25,9-11-22)14-21(2)3/h4,6-7,12,25H,5,8-11,13-14H2,1-3H3. The van der Waals surface area contributed by atoms with Crippen molar-refractivity contribution in [2.24, 2.45) is 0 Å². The van der Waals surface area contributed by atoms with Gasteiger partial charge in [-0.3, -0.25) is 14.1 Å². The number of aryl methyl sites for hydroxylation is 1. The number of aromatic nitrogens is 2. The topological polar surface area (TPSA) is 61.1 Å². The molecular weight excluding hydrogens is 316 g/mol. The Hall–Kier alpha value is -1.76. The summed E-state index contributed by atoms with van der Waals surface area (Å²) in [6.45, 7) is 4.99. The van der Waals surface area contributed by atoms with Gasteiger partial charge in [0, 0.05) is 31.4 Å². The molecule has 2 aromatic rings. The first-order valence-electron chi connectivity index (χ1n) is 8.94. The highest BCUT2D eigenvalue weighted by Gasteiger charge is 2.30. The Labute approximate surface area is 148 Å². The van der Waals surface area contributed by atoms with Crippen LogP contribution < -0.4 is 5.56 Å². The number of hydrogen-bond donors (Lipinski definition) is 1. The number of pyridine rings is 1. The summed E-state index contributed by atoms with van der Waals surface area (Å²) >= 11 is 0. The molecule has 1 fully saturated rings. The van der Waals surface area contributed by atoms with Crippen molar-refractivity contribution in [3.05, 3.63) is 46.0 Å².